The van der Waals surface area contributed by atoms with E-state index in [4.69, 9.17) is 14.2 Å². The first-order valence-electron chi connectivity index (χ1n) is 29.4. The van der Waals surface area contributed by atoms with Crippen LogP contribution in [0.2, 0.25) is 0 Å². The predicted octanol–water partition coefficient (Wildman–Crippen LogP) is 19.4. The van der Waals surface area contributed by atoms with Crippen molar-refractivity contribution in [2.24, 2.45) is 5.92 Å². The zero-order valence-electron chi connectivity index (χ0n) is 44.5. The van der Waals surface area contributed by atoms with E-state index < -0.39 is 6.10 Å². The van der Waals surface area contributed by atoms with E-state index in [2.05, 4.69) is 27.7 Å². The van der Waals surface area contributed by atoms with Gasteiger partial charge >= 0.3 is 17.9 Å². The lowest BCUT2D eigenvalue weighted by atomic mass is 10.0. The molecule has 0 aromatic carbocycles. The smallest absolute Gasteiger partial charge is 0.306 e. The zero-order chi connectivity index (χ0) is 47.4. The molecule has 0 radical (unpaired) electrons. The van der Waals surface area contributed by atoms with Crippen LogP contribution in [0.5, 0.6) is 0 Å². The molecule has 0 aromatic heterocycles. The number of esters is 3. The van der Waals surface area contributed by atoms with E-state index in [1.807, 2.05) is 0 Å². The minimum absolute atomic E-state index is 0.0617. The van der Waals surface area contributed by atoms with E-state index >= 15 is 0 Å². The average Bonchev–Trinajstić information content (AvgIpc) is 3.29. The van der Waals surface area contributed by atoms with Gasteiger partial charge in [0.15, 0.2) is 6.10 Å². The van der Waals surface area contributed by atoms with Crippen molar-refractivity contribution in [2.45, 2.75) is 342 Å². The van der Waals surface area contributed by atoms with E-state index in [0.717, 1.165) is 63.7 Å². The summed E-state index contributed by atoms with van der Waals surface area (Å²) in [5.74, 6) is 0.00448. The lowest BCUT2D eigenvalue weighted by Crippen LogP contribution is -2.30. The van der Waals surface area contributed by atoms with Gasteiger partial charge in [0.25, 0.3) is 0 Å². The Hall–Kier alpha value is -1.59. The van der Waals surface area contributed by atoms with Gasteiger partial charge in [-0.15, -0.1) is 0 Å². The summed E-state index contributed by atoms with van der Waals surface area (Å²) in [6.07, 6.45) is 58.0. The molecule has 0 aromatic rings. The molecule has 0 N–H and O–H groups in total. The molecule has 65 heavy (non-hydrogen) atoms. The van der Waals surface area contributed by atoms with Gasteiger partial charge in [0.1, 0.15) is 13.2 Å². The Labute approximate surface area is 406 Å². The lowest BCUT2D eigenvalue weighted by Gasteiger charge is -2.18. The molecule has 386 valence electrons. The summed E-state index contributed by atoms with van der Waals surface area (Å²) in [5, 5.41) is 0. The number of carbonyl (C=O) groups is 3. The van der Waals surface area contributed by atoms with Crippen molar-refractivity contribution in [2.75, 3.05) is 13.2 Å². The summed E-state index contributed by atoms with van der Waals surface area (Å²) < 4.78 is 16.9. The molecular weight excluding hydrogens is 805 g/mol. The maximum absolute atomic E-state index is 12.9. The molecule has 0 heterocycles. The number of hydrogen-bond donors (Lipinski definition) is 0. The Morgan fingerprint density at radius 2 is 0.508 bits per heavy atom. The molecule has 0 aliphatic heterocycles. The first-order chi connectivity index (χ1) is 31.9. The minimum Gasteiger partial charge on any atom is -0.462 e. The van der Waals surface area contributed by atoms with Crippen LogP contribution in [0.1, 0.15) is 336 Å². The van der Waals surface area contributed by atoms with Gasteiger partial charge in [-0.2, -0.15) is 0 Å². The first kappa shape index (κ1) is 63.4. The van der Waals surface area contributed by atoms with E-state index in [-0.39, 0.29) is 31.1 Å². The highest BCUT2D eigenvalue weighted by Crippen LogP contribution is 2.18. The fourth-order valence-electron chi connectivity index (χ4n) is 9.10. The Morgan fingerprint density at radius 1 is 0.292 bits per heavy atom. The first-order valence-corrected chi connectivity index (χ1v) is 29.4. The number of ether oxygens (including phenoxy) is 3. The van der Waals surface area contributed by atoms with Crippen LogP contribution in [0.15, 0.2) is 0 Å². The molecular formula is C59H114O6. The van der Waals surface area contributed by atoms with Crippen molar-refractivity contribution >= 4 is 17.9 Å². The van der Waals surface area contributed by atoms with Crippen molar-refractivity contribution in [3.8, 4) is 0 Å². The molecule has 0 rings (SSSR count). The fourth-order valence-corrected chi connectivity index (χ4v) is 9.10. The second-order valence-corrected chi connectivity index (χ2v) is 20.8. The van der Waals surface area contributed by atoms with Crippen molar-refractivity contribution in [3.63, 3.8) is 0 Å². The van der Waals surface area contributed by atoms with Gasteiger partial charge in [0.2, 0.25) is 0 Å². The molecule has 0 fully saturated rings. The summed E-state index contributed by atoms with van der Waals surface area (Å²) in [7, 11) is 0. The highest BCUT2D eigenvalue weighted by Gasteiger charge is 2.19. The molecule has 0 aliphatic rings. The number of carbonyl (C=O) groups excluding carboxylic acids is 3. The Balaban J connectivity index is 4.29. The van der Waals surface area contributed by atoms with Crippen molar-refractivity contribution < 1.29 is 28.6 Å². The van der Waals surface area contributed by atoms with Gasteiger partial charge in [-0.05, 0) is 25.2 Å². The van der Waals surface area contributed by atoms with Crippen molar-refractivity contribution in [1.82, 2.24) is 0 Å². The molecule has 0 spiro atoms. The van der Waals surface area contributed by atoms with Gasteiger partial charge in [-0.3, -0.25) is 14.4 Å². The Morgan fingerprint density at radius 3 is 0.754 bits per heavy atom. The topological polar surface area (TPSA) is 78.9 Å². The lowest BCUT2D eigenvalue weighted by molar-refractivity contribution is -0.167. The third kappa shape index (κ3) is 53.2. The summed E-state index contributed by atoms with van der Waals surface area (Å²) in [5.41, 5.74) is 0. The van der Waals surface area contributed by atoms with E-state index in [0.29, 0.717) is 19.3 Å². The van der Waals surface area contributed by atoms with Gasteiger partial charge in [-0.25, -0.2) is 0 Å². The van der Waals surface area contributed by atoms with Crippen LogP contribution in [-0.2, 0) is 28.6 Å². The number of hydrogen-bond acceptors (Lipinski definition) is 6. The monoisotopic (exact) mass is 919 g/mol. The minimum atomic E-state index is -0.762. The summed E-state index contributed by atoms with van der Waals surface area (Å²) in [6, 6.07) is 0. The Kier molecular flexibility index (Phi) is 52.1. The molecule has 6 heteroatoms. The van der Waals surface area contributed by atoms with Crippen LogP contribution >= 0.6 is 0 Å². The summed E-state index contributed by atoms with van der Waals surface area (Å²) >= 11 is 0. The van der Waals surface area contributed by atoms with Crippen LogP contribution < -0.4 is 0 Å². The standard InChI is InChI=1S/C59H114O6/c1-5-7-9-11-13-15-17-19-21-22-23-27-31-35-39-43-47-51-58(61)64-54-56(53-63-57(60)50-46-42-38-34-30-26-20-18-16-14-12-10-8-6-2)65-59(62)52-48-44-40-36-32-28-24-25-29-33-37-41-45-49-55(3)4/h55-56H,5-54H2,1-4H3/t56-/m1/s1. The molecule has 0 bridgehead atoms. The maximum Gasteiger partial charge on any atom is 0.306 e. The molecule has 1 atom stereocenters. The molecule has 0 saturated carbocycles. The van der Waals surface area contributed by atoms with Gasteiger partial charge in [0, 0.05) is 19.3 Å². The molecule has 0 unspecified atom stereocenters. The van der Waals surface area contributed by atoms with Crippen LogP contribution in [0.4, 0.5) is 0 Å². The van der Waals surface area contributed by atoms with Crippen LogP contribution in [0.25, 0.3) is 0 Å². The fraction of sp³-hybridized carbons (Fsp3) is 0.949. The number of rotatable bonds is 54. The van der Waals surface area contributed by atoms with E-state index in [9.17, 15) is 14.4 Å². The van der Waals surface area contributed by atoms with Crippen LogP contribution in [-0.4, -0.2) is 37.2 Å². The summed E-state index contributed by atoms with van der Waals surface area (Å²) in [4.78, 5) is 38.2. The molecule has 0 amide bonds. The normalized spacial score (nSPS) is 12.0. The molecule has 0 aliphatic carbocycles. The van der Waals surface area contributed by atoms with E-state index in [1.165, 1.54) is 231 Å². The highest BCUT2D eigenvalue weighted by atomic mass is 16.6. The second-order valence-electron chi connectivity index (χ2n) is 20.8. The van der Waals surface area contributed by atoms with Gasteiger partial charge in [-0.1, -0.05) is 297 Å². The van der Waals surface area contributed by atoms with Crippen LogP contribution in [0, 0.1) is 5.92 Å². The maximum atomic E-state index is 12.9. The average molecular weight is 920 g/mol. The third-order valence-corrected chi connectivity index (χ3v) is 13.5. The van der Waals surface area contributed by atoms with Crippen LogP contribution in [0.3, 0.4) is 0 Å². The van der Waals surface area contributed by atoms with Crippen molar-refractivity contribution in [3.05, 3.63) is 0 Å². The molecule has 6 nitrogen and oxygen atoms in total. The van der Waals surface area contributed by atoms with Gasteiger partial charge in [0.05, 0.1) is 0 Å². The second kappa shape index (κ2) is 53.4. The highest BCUT2D eigenvalue weighted by molar-refractivity contribution is 5.71. The van der Waals surface area contributed by atoms with E-state index in [1.54, 1.807) is 0 Å². The largest absolute Gasteiger partial charge is 0.462 e. The predicted molar refractivity (Wildman–Crippen MR) is 280 cm³/mol. The molecule has 0 saturated heterocycles. The quantitative estimate of drug-likeness (QED) is 0.0344. The third-order valence-electron chi connectivity index (χ3n) is 13.5. The zero-order valence-corrected chi connectivity index (χ0v) is 44.5. The van der Waals surface area contributed by atoms with Crippen molar-refractivity contribution in [1.29, 1.82) is 0 Å². The number of unbranched alkanes of at least 4 members (excludes halogenated alkanes) is 41. The SMILES string of the molecule is CCCCCCCCCCCCCCCCCCCC(=O)OC[C@@H](COC(=O)CCCCCCCCCCCCCCCC)OC(=O)CCCCCCCCCCCCCCCC(C)C. The van der Waals surface area contributed by atoms with Gasteiger partial charge < -0.3 is 14.2 Å². The Bertz CT molecular complexity index is 980. The summed E-state index contributed by atoms with van der Waals surface area (Å²) in [6.45, 7) is 9.07.